The first kappa shape index (κ1) is 17.9. The Labute approximate surface area is 112 Å². The summed E-state index contributed by atoms with van der Waals surface area (Å²) in [5, 5.41) is 5.12. The molecule has 18 heavy (non-hydrogen) atoms. The van der Waals surface area contributed by atoms with Crippen molar-refractivity contribution in [3.05, 3.63) is 0 Å². The Balaban J connectivity index is 4.12. The van der Waals surface area contributed by atoms with Gasteiger partial charge in [0, 0.05) is 12.5 Å². The SMILES string of the molecule is CC(C)CCCOCC(CS(N)(=O)=O)C(C)(C)C. The maximum Gasteiger partial charge on any atom is 0.209 e. The van der Waals surface area contributed by atoms with Gasteiger partial charge in [-0.3, -0.25) is 0 Å². The smallest absolute Gasteiger partial charge is 0.209 e. The van der Waals surface area contributed by atoms with Crippen molar-refractivity contribution in [1.29, 1.82) is 0 Å². The predicted molar refractivity (Wildman–Crippen MR) is 75.8 cm³/mol. The van der Waals surface area contributed by atoms with Gasteiger partial charge in [0.05, 0.1) is 12.4 Å². The molecule has 0 bridgehead atoms. The minimum atomic E-state index is -3.44. The molecule has 0 heterocycles. The lowest BCUT2D eigenvalue weighted by atomic mass is 9.82. The fourth-order valence-corrected chi connectivity index (χ4v) is 2.80. The third-order valence-electron chi connectivity index (χ3n) is 3.05. The van der Waals surface area contributed by atoms with E-state index in [1.807, 2.05) is 20.8 Å². The topological polar surface area (TPSA) is 69.4 Å². The van der Waals surface area contributed by atoms with Gasteiger partial charge in [-0.2, -0.15) is 0 Å². The van der Waals surface area contributed by atoms with Gasteiger partial charge >= 0.3 is 0 Å². The third-order valence-corrected chi connectivity index (χ3v) is 3.91. The lowest BCUT2D eigenvalue weighted by molar-refractivity contribution is 0.0621. The highest BCUT2D eigenvalue weighted by molar-refractivity contribution is 7.89. The fourth-order valence-electron chi connectivity index (χ4n) is 1.65. The molecule has 4 nitrogen and oxygen atoms in total. The first-order valence-electron chi connectivity index (χ1n) is 6.60. The minimum Gasteiger partial charge on any atom is -0.381 e. The number of rotatable bonds is 8. The van der Waals surface area contributed by atoms with Crippen molar-refractivity contribution >= 4 is 10.0 Å². The Kier molecular flexibility index (Phi) is 7.40. The molecule has 2 N–H and O–H groups in total. The molecule has 1 atom stereocenters. The van der Waals surface area contributed by atoms with Gasteiger partial charge in [0.2, 0.25) is 10.0 Å². The molecule has 0 radical (unpaired) electrons. The van der Waals surface area contributed by atoms with E-state index in [4.69, 9.17) is 9.88 Å². The maximum atomic E-state index is 11.2. The monoisotopic (exact) mass is 279 g/mol. The van der Waals surface area contributed by atoms with Crippen LogP contribution in [0, 0.1) is 17.3 Å². The summed E-state index contributed by atoms with van der Waals surface area (Å²) in [6.07, 6.45) is 2.15. The normalized spacial score (nSPS) is 15.1. The molecule has 0 aromatic rings. The Bertz CT molecular complexity index is 318. The van der Waals surface area contributed by atoms with Crippen LogP contribution in [0.25, 0.3) is 0 Å². The zero-order chi connectivity index (χ0) is 14.4. The highest BCUT2D eigenvalue weighted by Crippen LogP contribution is 2.27. The summed E-state index contributed by atoms with van der Waals surface area (Å²) in [5.41, 5.74) is -0.121. The lowest BCUT2D eigenvalue weighted by Crippen LogP contribution is -2.34. The molecule has 0 aliphatic heterocycles. The fraction of sp³-hybridized carbons (Fsp3) is 1.00. The number of sulfonamides is 1. The number of ether oxygens (including phenoxy) is 1. The largest absolute Gasteiger partial charge is 0.381 e. The van der Waals surface area contributed by atoms with Crippen molar-refractivity contribution in [3.63, 3.8) is 0 Å². The molecule has 0 aliphatic carbocycles. The number of nitrogens with two attached hydrogens (primary N) is 1. The van der Waals surface area contributed by atoms with Crippen LogP contribution in [0.1, 0.15) is 47.5 Å². The average molecular weight is 279 g/mol. The zero-order valence-corrected chi connectivity index (χ0v) is 13.2. The van der Waals surface area contributed by atoms with E-state index in [-0.39, 0.29) is 17.1 Å². The van der Waals surface area contributed by atoms with E-state index >= 15 is 0 Å². The highest BCUT2D eigenvalue weighted by atomic mass is 32.2. The van der Waals surface area contributed by atoms with E-state index in [1.165, 1.54) is 0 Å². The predicted octanol–water partition coefficient (Wildman–Crippen LogP) is 2.39. The second-order valence-corrected chi connectivity index (χ2v) is 8.16. The van der Waals surface area contributed by atoms with E-state index < -0.39 is 10.0 Å². The molecule has 0 saturated heterocycles. The van der Waals surface area contributed by atoms with Crippen LogP contribution in [0.5, 0.6) is 0 Å². The van der Waals surface area contributed by atoms with Crippen LogP contribution < -0.4 is 5.14 Å². The molecule has 0 amide bonds. The van der Waals surface area contributed by atoms with Crippen LogP contribution in [0.15, 0.2) is 0 Å². The standard InChI is InChI=1S/C13H29NO3S/c1-11(2)7-6-8-17-9-12(13(3,4)5)10-18(14,15)16/h11-12H,6-10H2,1-5H3,(H2,14,15,16). The van der Waals surface area contributed by atoms with Crippen LogP contribution in [-0.2, 0) is 14.8 Å². The van der Waals surface area contributed by atoms with Crippen molar-refractivity contribution < 1.29 is 13.2 Å². The van der Waals surface area contributed by atoms with Gasteiger partial charge in [-0.25, -0.2) is 13.6 Å². The summed E-state index contributed by atoms with van der Waals surface area (Å²) in [6.45, 7) is 11.5. The Hall–Kier alpha value is -0.130. The van der Waals surface area contributed by atoms with E-state index in [0.29, 0.717) is 19.1 Å². The van der Waals surface area contributed by atoms with Crippen molar-refractivity contribution in [2.75, 3.05) is 19.0 Å². The lowest BCUT2D eigenvalue weighted by Gasteiger charge is -2.29. The summed E-state index contributed by atoms with van der Waals surface area (Å²) in [5.74, 6) is 0.601. The van der Waals surface area contributed by atoms with Crippen LogP contribution in [-0.4, -0.2) is 27.4 Å². The maximum absolute atomic E-state index is 11.2. The zero-order valence-electron chi connectivity index (χ0n) is 12.4. The van der Waals surface area contributed by atoms with Crippen LogP contribution in [0.3, 0.4) is 0 Å². The van der Waals surface area contributed by atoms with Gasteiger partial charge in [0.25, 0.3) is 0 Å². The molecule has 0 aromatic carbocycles. The quantitative estimate of drug-likeness (QED) is 0.694. The van der Waals surface area contributed by atoms with E-state index in [9.17, 15) is 8.42 Å². The summed E-state index contributed by atoms with van der Waals surface area (Å²) in [4.78, 5) is 0. The van der Waals surface area contributed by atoms with Crippen LogP contribution >= 0.6 is 0 Å². The van der Waals surface area contributed by atoms with Crippen molar-refractivity contribution in [2.24, 2.45) is 22.4 Å². The number of hydrogen-bond acceptors (Lipinski definition) is 3. The molecule has 0 spiro atoms. The van der Waals surface area contributed by atoms with Crippen molar-refractivity contribution in [2.45, 2.75) is 47.5 Å². The average Bonchev–Trinajstić information content (AvgIpc) is 2.11. The van der Waals surface area contributed by atoms with E-state index in [2.05, 4.69) is 13.8 Å². The number of hydrogen-bond donors (Lipinski definition) is 1. The highest BCUT2D eigenvalue weighted by Gasteiger charge is 2.28. The second kappa shape index (κ2) is 7.46. The third kappa shape index (κ3) is 9.85. The van der Waals surface area contributed by atoms with Crippen molar-refractivity contribution in [1.82, 2.24) is 0 Å². The molecule has 1 unspecified atom stereocenters. The van der Waals surface area contributed by atoms with E-state index in [0.717, 1.165) is 12.8 Å². The first-order valence-corrected chi connectivity index (χ1v) is 8.32. The second-order valence-electron chi connectivity index (χ2n) is 6.50. The Morgan fingerprint density at radius 2 is 1.78 bits per heavy atom. The molecule has 0 fully saturated rings. The summed E-state index contributed by atoms with van der Waals surface area (Å²) >= 11 is 0. The van der Waals surface area contributed by atoms with Crippen LogP contribution in [0.4, 0.5) is 0 Å². The molecule has 0 aliphatic rings. The molecule has 110 valence electrons. The van der Waals surface area contributed by atoms with Gasteiger partial charge in [-0.05, 0) is 24.2 Å². The van der Waals surface area contributed by atoms with Gasteiger partial charge in [-0.1, -0.05) is 34.6 Å². The summed E-state index contributed by atoms with van der Waals surface area (Å²) in [6, 6.07) is 0. The van der Waals surface area contributed by atoms with Crippen molar-refractivity contribution in [3.8, 4) is 0 Å². The molecule has 0 rings (SSSR count). The molecule has 0 aromatic heterocycles. The summed E-state index contributed by atoms with van der Waals surface area (Å²) < 4.78 is 28.0. The summed E-state index contributed by atoms with van der Waals surface area (Å²) in [7, 11) is -3.44. The van der Waals surface area contributed by atoms with Gasteiger partial charge in [0.1, 0.15) is 0 Å². The Morgan fingerprint density at radius 1 is 1.22 bits per heavy atom. The number of primary sulfonamides is 1. The molecule has 5 heteroatoms. The first-order chi connectivity index (χ1) is 8.02. The molecular formula is C13H29NO3S. The van der Waals surface area contributed by atoms with Crippen LogP contribution in [0.2, 0.25) is 0 Å². The minimum absolute atomic E-state index is 0.0132. The molecule has 0 saturated carbocycles. The van der Waals surface area contributed by atoms with Gasteiger partial charge in [-0.15, -0.1) is 0 Å². The van der Waals surface area contributed by atoms with Gasteiger partial charge in [0.15, 0.2) is 0 Å². The molecular weight excluding hydrogens is 250 g/mol. The van der Waals surface area contributed by atoms with E-state index in [1.54, 1.807) is 0 Å². The van der Waals surface area contributed by atoms with Gasteiger partial charge < -0.3 is 4.74 Å². The Morgan fingerprint density at radius 3 is 2.17 bits per heavy atom.